The van der Waals surface area contributed by atoms with Crippen molar-refractivity contribution in [3.63, 3.8) is 0 Å². The van der Waals surface area contributed by atoms with Gasteiger partial charge in [-0.3, -0.25) is 0 Å². The lowest BCUT2D eigenvalue weighted by Crippen LogP contribution is -2.21. The Morgan fingerprint density at radius 2 is 1.00 bits per heavy atom. The summed E-state index contributed by atoms with van der Waals surface area (Å²) in [5.74, 6) is -0.952. The van der Waals surface area contributed by atoms with E-state index in [1.165, 1.54) is 0 Å². The molecule has 0 fully saturated rings. The van der Waals surface area contributed by atoms with Crippen LogP contribution in [0.5, 0.6) is 5.75 Å². The fourth-order valence-corrected chi connectivity index (χ4v) is 1.12. The van der Waals surface area contributed by atoms with Crippen molar-refractivity contribution in [3.05, 3.63) is 29.3 Å². The third-order valence-corrected chi connectivity index (χ3v) is 1.80. The molecule has 0 aliphatic rings. The molecular weight excluding hydrogens is 369 g/mol. The van der Waals surface area contributed by atoms with Crippen LogP contribution in [0.2, 0.25) is 0 Å². The molecule has 1 aromatic carbocycles. The molecule has 5 nitrogen and oxygen atoms in total. The van der Waals surface area contributed by atoms with Crippen molar-refractivity contribution in [2.75, 3.05) is 42.3 Å². The van der Waals surface area contributed by atoms with E-state index >= 15 is 0 Å². The van der Waals surface area contributed by atoms with E-state index in [-0.39, 0.29) is 18.2 Å². The van der Waals surface area contributed by atoms with Crippen molar-refractivity contribution in [1.82, 2.24) is 9.80 Å². The highest BCUT2D eigenvalue weighted by molar-refractivity contribution is 6.33. The molecule has 1 aromatic rings. The number of alkyl halides is 6. The van der Waals surface area contributed by atoms with Gasteiger partial charge in [-0.1, -0.05) is 0 Å². The summed E-state index contributed by atoms with van der Waals surface area (Å²) < 4.78 is 78.0. The van der Waals surface area contributed by atoms with E-state index in [4.69, 9.17) is 10.0 Å². The number of halogens is 6. The third kappa shape index (κ3) is 14.8. The lowest BCUT2D eigenvalue weighted by Gasteiger charge is -2.14. The molecule has 26 heavy (non-hydrogen) atoms. The molecule has 0 unspecified atom stereocenters. The smallest absolute Gasteiger partial charge is 0.512 e. The van der Waals surface area contributed by atoms with E-state index < -0.39 is 36.6 Å². The summed E-state index contributed by atoms with van der Waals surface area (Å²) in [6.07, 6.45) is -10.0. The molecule has 152 valence electrons. The van der Waals surface area contributed by atoms with Gasteiger partial charge in [0.05, 0.1) is 11.1 Å². The van der Waals surface area contributed by atoms with Gasteiger partial charge in [0.15, 0.2) is 0 Å². The fourth-order valence-electron chi connectivity index (χ4n) is 1.12. The largest absolute Gasteiger partial charge is 0.707 e. The number of hydrogen-bond donors (Lipinski definition) is 2. The van der Waals surface area contributed by atoms with Crippen LogP contribution in [0.1, 0.15) is 11.1 Å². The Morgan fingerprint density at radius 3 is 1.19 bits per heavy atom. The van der Waals surface area contributed by atoms with Gasteiger partial charge in [-0.05, 0) is 60.5 Å². The molecule has 0 amide bonds. The van der Waals surface area contributed by atoms with Gasteiger partial charge in [0, 0.05) is 0 Å². The van der Waals surface area contributed by atoms with Gasteiger partial charge in [-0.2, -0.15) is 26.3 Å². The van der Waals surface area contributed by atoms with Gasteiger partial charge < -0.3 is 24.5 Å². The van der Waals surface area contributed by atoms with Crippen molar-refractivity contribution in [3.8, 4) is 5.75 Å². The second-order valence-electron chi connectivity index (χ2n) is 5.87. The summed E-state index contributed by atoms with van der Waals surface area (Å²) in [6.45, 7) is 0. The number of hydrogen-bond acceptors (Lipinski definition) is 5. The second-order valence-corrected chi connectivity index (χ2v) is 5.87. The molecule has 0 spiro atoms. The molecule has 0 saturated carbocycles. The first-order valence-corrected chi connectivity index (χ1v) is 7.01. The van der Waals surface area contributed by atoms with Crippen LogP contribution in [0.4, 0.5) is 26.3 Å². The van der Waals surface area contributed by atoms with Gasteiger partial charge >= 0.3 is 19.7 Å². The molecule has 2 N–H and O–H groups in total. The van der Waals surface area contributed by atoms with E-state index in [1.54, 1.807) is 0 Å². The number of nitrogens with zero attached hydrogens (tertiary/aromatic N) is 2. The standard InChI is InChI=1S/C8H5BF6O3.2C3H9N/c10-7(11,12)4-1-5(8(13,14)15)3-6(2-4)18-9(16)17;2*1-4(2)3/h1-3,16-17H;2*1-3H3. The van der Waals surface area contributed by atoms with Gasteiger partial charge in [-0.15, -0.1) is 0 Å². The minimum absolute atomic E-state index is 0.101. The lowest BCUT2D eigenvalue weighted by atomic mass is 10.1. The Balaban J connectivity index is 0. The summed E-state index contributed by atoms with van der Waals surface area (Å²) in [5.41, 5.74) is -3.21. The molecule has 0 bridgehead atoms. The Labute approximate surface area is 149 Å². The van der Waals surface area contributed by atoms with Crippen LogP contribution in [0.3, 0.4) is 0 Å². The molecule has 0 aromatic heterocycles. The van der Waals surface area contributed by atoms with Crippen LogP contribution in [0, 0.1) is 0 Å². The summed E-state index contributed by atoms with van der Waals surface area (Å²) in [5, 5.41) is 16.7. The van der Waals surface area contributed by atoms with Crippen LogP contribution in [-0.4, -0.2) is 69.5 Å². The maximum absolute atomic E-state index is 12.3. The summed E-state index contributed by atoms with van der Waals surface area (Å²) in [6, 6.07) is 0.361. The highest BCUT2D eigenvalue weighted by Gasteiger charge is 2.37. The topological polar surface area (TPSA) is 56.2 Å². The van der Waals surface area contributed by atoms with Crippen molar-refractivity contribution in [2.45, 2.75) is 12.4 Å². The van der Waals surface area contributed by atoms with Crippen molar-refractivity contribution < 1.29 is 41.0 Å². The summed E-state index contributed by atoms with van der Waals surface area (Å²) in [7, 11) is 9.48. The maximum Gasteiger partial charge on any atom is 0.707 e. The molecule has 12 heteroatoms. The Morgan fingerprint density at radius 1 is 0.731 bits per heavy atom. The summed E-state index contributed by atoms with van der Waals surface area (Å²) >= 11 is 0. The third-order valence-electron chi connectivity index (χ3n) is 1.80. The second kappa shape index (κ2) is 11.3. The maximum atomic E-state index is 12.3. The predicted molar refractivity (Wildman–Crippen MR) is 86.5 cm³/mol. The fraction of sp³-hybridized carbons (Fsp3) is 0.571. The SMILES string of the molecule is CN(C)C.CN(C)C.OB(O)Oc1cc(C(F)(F)F)cc(C(F)(F)F)c1. The Bertz CT molecular complexity index is 479. The van der Waals surface area contributed by atoms with Crippen LogP contribution < -0.4 is 4.65 Å². The zero-order valence-corrected chi connectivity index (χ0v) is 15.3. The van der Waals surface area contributed by atoms with E-state index in [9.17, 15) is 26.3 Å². The number of benzene rings is 1. The minimum Gasteiger partial charge on any atom is -0.512 e. The highest BCUT2D eigenvalue weighted by Crippen LogP contribution is 2.38. The van der Waals surface area contributed by atoms with Crippen molar-refractivity contribution in [1.29, 1.82) is 0 Å². The normalized spacial score (nSPS) is 11.4. The van der Waals surface area contributed by atoms with Gasteiger partial charge in [0.2, 0.25) is 0 Å². The number of rotatable bonds is 2. The predicted octanol–water partition coefficient (Wildman–Crippen LogP) is 2.43. The van der Waals surface area contributed by atoms with Crippen LogP contribution in [0.15, 0.2) is 18.2 Å². The quantitative estimate of drug-likeness (QED) is 0.598. The average Bonchev–Trinajstić information content (AvgIpc) is 2.33. The van der Waals surface area contributed by atoms with Crippen molar-refractivity contribution in [2.24, 2.45) is 0 Å². The van der Waals surface area contributed by atoms with E-state index in [0.29, 0.717) is 0 Å². The van der Waals surface area contributed by atoms with E-state index in [1.807, 2.05) is 52.1 Å². The van der Waals surface area contributed by atoms with Gasteiger partial charge in [0.1, 0.15) is 5.75 Å². The monoisotopic (exact) mass is 392 g/mol. The van der Waals surface area contributed by atoms with Gasteiger partial charge in [0.25, 0.3) is 0 Å². The molecule has 0 aliphatic heterocycles. The molecule has 0 radical (unpaired) electrons. The first-order valence-electron chi connectivity index (χ1n) is 7.01. The average molecular weight is 392 g/mol. The Kier molecular flexibility index (Phi) is 11.6. The molecular formula is C14H23BF6N2O3. The zero-order valence-electron chi connectivity index (χ0n) is 15.3. The molecule has 1 rings (SSSR count). The first-order chi connectivity index (χ1) is 11.5. The highest BCUT2D eigenvalue weighted by atomic mass is 19.4. The van der Waals surface area contributed by atoms with E-state index in [0.717, 1.165) is 0 Å². The van der Waals surface area contributed by atoms with Crippen LogP contribution in [-0.2, 0) is 12.4 Å². The van der Waals surface area contributed by atoms with Crippen LogP contribution >= 0.6 is 0 Å². The minimum atomic E-state index is -5.01. The molecule has 0 aliphatic carbocycles. The molecule has 0 heterocycles. The van der Waals surface area contributed by atoms with Gasteiger partial charge in [-0.25, -0.2) is 0 Å². The Hall–Kier alpha value is -1.50. The lowest BCUT2D eigenvalue weighted by molar-refractivity contribution is -0.143. The van der Waals surface area contributed by atoms with Crippen LogP contribution in [0.25, 0.3) is 0 Å². The van der Waals surface area contributed by atoms with E-state index in [2.05, 4.69) is 4.65 Å². The van der Waals surface area contributed by atoms with Crippen molar-refractivity contribution >= 4 is 7.32 Å². The first kappa shape index (κ1) is 26.7. The zero-order chi connectivity index (χ0) is 21.3. The summed E-state index contributed by atoms with van der Waals surface area (Å²) in [4.78, 5) is 4.00. The molecule has 0 atom stereocenters. The molecule has 0 saturated heterocycles.